The Morgan fingerprint density at radius 2 is 1.81 bits per heavy atom. The van der Waals surface area contributed by atoms with Crippen molar-refractivity contribution in [1.29, 1.82) is 0 Å². The molecule has 32 heavy (non-hydrogen) atoms. The van der Waals surface area contributed by atoms with Gasteiger partial charge in [-0.05, 0) is 75.0 Å². The average Bonchev–Trinajstić information content (AvgIpc) is 3.22. The largest absolute Gasteiger partial charge is 0.345 e. The third kappa shape index (κ3) is 6.49. The topological polar surface area (TPSA) is 81.3 Å². The first-order valence-electron chi connectivity index (χ1n) is 10.4. The van der Waals surface area contributed by atoms with Crippen LogP contribution in [0.15, 0.2) is 54.6 Å². The van der Waals surface area contributed by atoms with E-state index in [0.29, 0.717) is 11.3 Å². The van der Waals surface area contributed by atoms with Gasteiger partial charge in [0.05, 0.1) is 12.2 Å². The number of benzene rings is 2. The smallest absolute Gasteiger partial charge is 0.253 e. The van der Waals surface area contributed by atoms with Crippen molar-refractivity contribution in [2.24, 2.45) is 0 Å². The first kappa shape index (κ1) is 23.1. The molecule has 8 heteroatoms. The van der Waals surface area contributed by atoms with Crippen LogP contribution in [-0.2, 0) is 11.2 Å². The molecule has 168 valence electrons. The Morgan fingerprint density at radius 1 is 1.06 bits per heavy atom. The van der Waals surface area contributed by atoms with E-state index in [0.717, 1.165) is 36.3 Å². The van der Waals surface area contributed by atoms with E-state index in [1.165, 1.54) is 17.0 Å². The Hall–Kier alpha value is -3.52. The molecule has 2 N–H and O–H groups in total. The number of amides is 2. The Balaban J connectivity index is 1.44. The van der Waals surface area contributed by atoms with Gasteiger partial charge in [0.2, 0.25) is 5.91 Å². The van der Waals surface area contributed by atoms with E-state index in [2.05, 4.69) is 15.5 Å². The minimum Gasteiger partial charge on any atom is -0.345 e. The van der Waals surface area contributed by atoms with E-state index in [4.69, 9.17) is 0 Å². The van der Waals surface area contributed by atoms with Gasteiger partial charge >= 0.3 is 0 Å². The van der Waals surface area contributed by atoms with E-state index in [1.807, 2.05) is 18.0 Å². The molecule has 0 atom stereocenters. The number of carbonyl (C=O) groups excluding carboxylic acids is 2. The molecule has 1 heterocycles. The summed E-state index contributed by atoms with van der Waals surface area (Å²) < 4.78 is 13.1. The Labute approximate surface area is 187 Å². The lowest BCUT2D eigenvalue weighted by Crippen LogP contribution is -2.31. The molecular formula is C24H28FN5O2. The minimum absolute atomic E-state index is 0.111. The van der Waals surface area contributed by atoms with Gasteiger partial charge in [-0.25, -0.2) is 4.39 Å². The number of aromatic amines is 1. The second-order valence-corrected chi connectivity index (χ2v) is 7.96. The van der Waals surface area contributed by atoms with Crippen molar-refractivity contribution >= 4 is 17.5 Å². The molecule has 1 aromatic heterocycles. The summed E-state index contributed by atoms with van der Waals surface area (Å²) in [5.74, 6) is -0.520. The summed E-state index contributed by atoms with van der Waals surface area (Å²) >= 11 is 0. The van der Waals surface area contributed by atoms with Crippen LogP contribution in [0.1, 0.15) is 22.5 Å². The number of anilines is 1. The highest BCUT2D eigenvalue weighted by molar-refractivity contribution is 5.97. The normalized spacial score (nSPS) is 10.9. The fraction of sp³-hybridized carbons (Fsp3) is 0.292. The quantitative estimate of drug-likeness (QED) is 0.538. The number of aromatic nitrogens is 2. The van der Waals surface area contributed by atoms with Gasteiger partial charge in [0, 0.05) is 36.6 Å². The zero-order valence-corrected chi connectivity index (χ0v) is 18.6. The number of nitrogens with zero attached hydrogens (tertiary/aromatic N) is 3. The van der Waals surface area contributed by atoms with Crippen molar-refractivity contribution in [3.05, 3.63) is 71.7 Å². The van der Waals surface area contributed by atoms with E-state index < -0.39 is 0 Å². The SMILES string of the molecule is CN(CCCc1cc(-c2ccc(F)cc2)n[nH]1)CC(=O)Nc1cccc(C(=O)N(C)C)c1. The van der Waals surface area contributed by atoms with Gasteiger partial charge in [-0.3, -0.25) is 19.6 Å². The number of hydrogen-bond acceptors (Lipinski definition) is 4. The number of rotatable bonds is 9. The lowest BCUT2D eigenvalue weighted by molar-refractivity contribution is -0.117. The summed E-state index contributed by atoms with van der Waals surface area (Å²) in [7, 11) is 5.27. The van der Waals surface area contributed by atoms with E-state index in [1.54, 1.807) is 50.5 Å². The van der Waals surface area contributed by atoms with E-state index >= 15 is 0 Å². The lowest BCUT2D eigenvalue weighted by atomic mass is 10.1. The van der Waals surface area contributed by atoms with E-state index in [9.17, 15) is 14.0 Å². The van der Waals surface area contributed by atoms with Gasteiger partial charge in [-0.1, -0.05) is 6.07 Å². The zero-order chi connectivity index (χ0) is 23.1. The molecule has 0 unspecified atom stereocenters. The number of nitrogens with one attached hydrogen (secondary N) is 2. The lowest BCUT2D eigenvalue weighted by Gasteiger charge is -2.16. The predicted octanol–water partition coefficient (Wildman–Crippen LogP) is 3.42. The second-order valence-electron chi connectivity index (χ2n) is 7.96. The molecule has 0 spiro atoms. The maximum absolute atomic E-state index is 13.1. The van der Waals surface area contributed by atoms with Crippen LogP contribution in [0.5, 0.6) is 0 Å². The third-order valence-corrected chi connectivity index (χ3v) is 4.97. The molecule has 0 aliphatic heterocycles. The molecule has 0 aliphatic rings. The van der Waals surface area contributed by atoms with Crippen LogP contribution in [0, 0.1) is 5.82 Å². The first-order valence-corrected chi connectivity index (χ1v) is 10.4. The molecule has 0 bridgehead atoms. The molecule has 3 aromatic rings. The number of hydrogen-bond donors (Lipinski definition) is 2. The highest BCUT2D eigenvalue weighted by atomic mass is 19.1. The van der Waals surface area contributed by atoms with Crippen molar-refractivity contribution in [1.82, 2.24) is 20.0 Å². The summed E-state index contributed by atoms with van der Waals surface area (Å²) in [6, 6.07) is 15.1. The fourth-order valence-electron chi connectivity index (χ4n) is 3.31. The molecule has 7 nitrogen and oxygen atoms in total. The van der Waals surface area contributed by atoms with Gasteiger partial charge in [-0.2, -0.15) is 5.10 Å². The summed E-state index contributed by atoms with van der Waals surface area (Å²) in [6.45, 7) is 0.979. The summed E-state index contributed by atoms with van der Waals surface area (Å²) in [6.07, 6.45) is 1.64. The molecule has 0 saturated heterocycles. The van der Waals surface area contributed by atoms with Crippen molar-refractivity contribution in [2.75, 3.05) is 39.5 Å². The average molecular weight is 438 g/mol. The van der Waals surface area contributed by atoms with Crippen molar-refractivity contribution in [3.8, 4) is 11.3 Å². The van der Waals surface area contributed by atoms with Crippen LogP contribution in [-0.4, -0.2) is 66.0 Å². The van der Waals surface area contributed by atoms with Gasteiger partial charge in [0.15, 0.2) is 0 Å². The van der Waals surface area contributed by atoms with Gasteiger partial charge < -0.3 is 10.2 Å². The molecule has 0 radical (unpaired) electrons. The van der Waals surface area contributed by atoms with Gasteiger partial charge in [0.1, 0.15) is 5.82 Å². The molecule has 0 aliphatic carbocycles. The predicted molar refractivity (Wildman–Crippen MR) is 123 cm³/mol. The Bertz CT molecular complexity index is 1060. The fourth-order valence-corrected chi connectivity index (χ4v) is 3.31. The molecule has 0 saturated carbocycles. The third-order valence-electron chi connectivity index (χ3n) is 4.97. The van der Waals surface area contributed by atoms with Crippen LogP contribution >= 0.6 is 0 Å². The zero-order valence-electron chi connectivity index (χ0n) is 18.6. The van der Waals surface area contributed by atoms with Crippen LogP contribution in [0.3, 0.4) is 0 Å². The monoisotopic (exact) mass is 437 g/mol. The van der Waals surface area contributed by atoms with E-state index in [-0.39, 0.29) is 24.2 Å². The number of halogens is 1. The number of likely N-dealkylation sites (N-methyl/N-ethyl adjacent to an activating group) is 1. The van der Waals surface area contributed by atoms with Crippen molar-refractivity contribution in [3.63, 3.8) is 0 Å². The number of H-pyrrole nitrogens is 1. The van der Waals surface area contributed by atoms with Crippen LogP contribution in [0.2, 0.25) is 0 Å². The molecule has 2 amide bonds. The minimum atomic E-state index is -0.272. The van der Waals surface area contributed by atoms with Crippen LogP contribution in [0.4, 0.5) is 10.1 Å². The van der Waals surface area contributed by atoms with Crippen LogP contribution in [0.25, 0.3) is 11.3 Å². The number of aryl methyl sites for hydroxylation is 1. The second kappa shape index (κ2) is 10.7. The molecular weight excluding hydrogens is 409 g/mol. The van der Waals surface area contributed by atoms with Gasteiger partial charge in [-0.15, -0.1) is 0 Å². The van der Waals surface area contributed by atoms with Gasteiger partial charge in [0.25, 0.3) is 5.91 Å². The summed E-state index contributed by atoms with van der Waals surface area (Å²) in [5.41, 5.74) is 3.76. The highest BCUT2D eigenvalue weighted by Crippen LogP contribution is 2.18. The first-order chi connectivity index (χ1) is 15.3. The highest BCUT2D eigenvalue weighted by Gasteiger charge is 2.11. The number of carbonyl (C=O) groups is 2. The summed E-state index contributed by atoms with van der Waals surface area (Å²) in [4.78, 5) is 27.9. The van der Waals surface area contributed by atoms with Crippen molar-refractivity contribution < 1.29 is 14.0 Å². The molecule has 3 rings (SSSR count). The Kier molecular flexibility index (Phi) is 7.72. The standard InChI is InChI=1S/C24H28FN5O2/c1-29(2)24(32)18-6-4-7-20(14-18)26-23(31)16-30(3)13-5-8-21-15-22(28-27-21)17-9-11-19(25)12-10-17/h4,6-7,9-12,14-15H,5,8,13,16H2,1-3H3,(H,26,31)(H,27,28). The maximum Gasteiger partial charge on any atom is 0.253 e. The summed E-state index contributed by atoms with van der Waals surface area (Å²) in [5, 5.41) is 10.1. The molecule has 2 aromatic carbocycles. The molecule has 0 fully saturated rings. The maximum atomic E-state index is 13.1. The Morgan fingerprint density at radius 3 is 2.53 bits per heavy atom. The van der Waals surface area contributed by atoms with Crippen LogP contribution < -0.4 is 5.32 Å². The van der Waals surface area contributed by atoms with Crippen molar-refractivity contribution in [2.45, 2.75) is 12.8 Å².